The topological polar surface area (TPSA) is 95.5 Å². The van der Waals surface area contributed by atoms with E-state index in [4.69, 9.17) is 0 Å². The Bertz CT molecular complexity index is 816. The number of hydrogen-bond acceptors (Lipinski definition) is 4. The van der Waals surface area contributed by atoms with E-state index in [9.17, 15) is 19.5 Å². The molecular weight excluding hydrogens is 296 g/mol. The Morgan fingerprint density at radius 3 is 2.09 bits per heavy atom. The summed E-state index contributed by atoms with van der Waals surface area (Å²) in [7, 11) is 0. The molecule has 6 nitrogen and oxygen atoms in total. The summed E-state index contributed by atoms with van der Waals surface area (Å²) in [4.78, 5) is 34.3. The number of benzene rings is 2. The van der Waals surface area contributed by atoms with Crippen molar-refractivity contribution in [2.24, 2.45) is 0 Å². The van der Waals surface area contributed by atoms with Crippen molar-refractivity contribution in [3.63, 3.8) is 0 Å². The lowest BCUT2D eigenvalue weighted by molar-refractivity contribution is -0.123. The molecule has 0 bridgehead atoms. The molecule has 0 radical (unpaired) electrons. The van der Waals surface area contributed by atoms with Gasteiger partial charge in [0, 0.05) is 0 Å². The SMILES string of the molecule is O=C1NC(=O)C(=Cc2ccc(-c3cccc(O)c3)cc2)C(=O)N1. The Hall–Kier alpha value is -3.41. The van der Waals surface area contributed by atoms with Crippen LogP contribution in [0.5, 0.6) is 5.75 Å². The molecule has 0 unspecified atom stereocenters. The van der Waals surface area contributed by atoms with Crippen LogP contribution in [0.1, 0.15) is 5.56 Å². The minimum absolute atomic E-state index is 0.130. The summed E-state index contributed by atoms with van der Waals surface area (Å²) >= 11 is 0. The molecule has 0 saturated carbocycles. The molecule has 0 atom stereocenters. The number of aromatic hydroxyl groups is 1. The standard InChI is InChI=1S/C17H12N2O4/c20-13-3-1-2-12(9-13)11-6-4-10(5-7-11)8-14-15(21)18-17(23)19-16(14)22/h1-9,20H,(H2,18,19,21,22,23). The average Bonchev–Trinajstić information content (AvgIpc) is 2.51. The van der Waals surface area contributed by atoms with E-state index < -0.39 is 17.8 Å². The molecule has 1 aliphatic rings. The molecule has 114 valence electrons. The highest BCUT2D eigenvalue weighted by atomic mass is 16.3. The maximum absolute atomic E-state index is 11.7. The molecule has 2 aromatic carbocycles. The van der Waals surface area contributed by atoms with E-state index in [1.165, 1.54) is 6.08 Å². The maximum atomic E-state index is 11.7. The van der Waals surface area contributed by atoms with Gasteiger partial charge in [-0.2, -0.15) is 0 Å². The van der Waals surface area contributed by atoms with E-state index >= 15 is 0 Å². The Morgan fingerprint density at radius 2 is 1.48 bits per heavy atom. The lowest BCUT2D eigenvalue weighted by Gasteiger charge is -2.13. The highest BCUT2D eigenvalue weighted by Gasteiger charge is 2.27. The fourth-order valence-electron chi connectivity index (χ4n) is 2.23. The second-order valence-corrected chi connectivity index (χ2v) is 4.97. The highest BCUT2D eigenvalue weighted by Crippen LogP contribution is 2.24. The zero-order chi connectivity index (χ0) is 16.4. The van der Waals surface area contributed by atoms with Gasteiger partial charge in [-0.1, -0.05) is 36.4 Å². The van der Waals surface area contributed by atoms with E-state index in [1.54, 1.807) is 30.3 Å². The quantitative estimate of drug-likeness (QED) is 0.582. The number of barbiturate groups is 1. The fraction of sp³-hybridized carbons (Fsp3) is 0. The van der Waals surface area contributed by atoms with Crippen molar-refractivity contribution in [1.29, 1.82) is 0 Å². The van der Waals surface area contributed by atoms with Gasteiger partial charge < -0.3 is 5.11 Å². The van der Waals surface area contributed by atoms with Crippen LogP contribution in [0.3, 0.4) is 0 Å². The molecule has 1 heterocycles. The molecule has 3 N–H and O–H groups in total. The number of carbonyl (C=O) groups excluding carboxylic acids is 3. The monoisotopic (exact) mass is 308 g/mol. The molecule has 0 aromatic heterocycles. The molecule has 23 heavy (non-hydrogen) atoms. The van der Waals surface area contributed by atoms with Gasteiger partial charge in [0.25, 0.3) is 11.8 Å². The summed E-state index contributed by atoms with van der Waals surface area (Å²) in [5.74, 6) is -1.28. The van der Waals surface area contributed by atoms with Crippen molar-refractivity contribution in [1.82, 2.24) is 10.6 Å². The first-order valence-electron chi connectivity index (χ1n) is 6.81. The molecule has 1 fully saturated rings. The number of hydrogen-bond donors (Lipinski definition) is 3. The lowest BCUT2D eigenvalue weighted by Crippen LogP contribution is -2.51. The third-order valence-electron chi connectivity index (χ3n) is 3.34. The molecule has 0 spiro atoms. The second-order valence-electron chi connectivity index (χ2n) is 4.97. The number of phenolic OH excluding ortho intramolecular Hbond substituents is 1. The molecule has 1 saturated heterocycles. The summed E-state index contributed by atoms with van der Waals surface area (Å²) in [6.45, 7) is 0. The number of carbonyl (C=O) groups is 3. The maximum Gasteiger partial charge on any atom is 0.328 e. The zero-order valence-electron chi connectivity index (χ0n) is 11.9. The van der Waals surface area contributed by atoms with Crippen molar-refractivity contribution in [3.05, 3.63) is 59.7 Å². The summed E-state index contributed by atoms with van der Waals surface area (Å²) in [5, 5.41) is 13.5. The van der Waals surface area contributed by atoms with Gasteiger partial charge in [0.2, 0.25) is 0 Å². The number of amides is 4. The summed E-state index contributed by atoms with van der Waals surface area (Å²) in [5.41, 5.74) is 2.25. The summed E-state index contributed by atoms with van der Waals surface area (Å²) in [6, 6.07) is 13.1. The Balaban J connectivity index is 1.88. The van der Waals surface area contributed by atoms with Gasteiger partial charge in [-0.05, 0) is 34.9 Å². The summed E-state index contributed by atoms with van der Waals surface area (Å²) in [6.07, 6.45) is 1.41. The average molecular weight is 308 g/mol. The van der Waals surface area contributed by atoms with E-state index in [1.807, 2.05) is 28.8 Å². The Morgan fingerprint density at radius 1 is 0.826 bits per heavy atom. The Kier molecular flexibility index (Phi) is 3.64. The number of imide groups is 2. The van der Waals surface area contributed by atoms with Crippen molar-refractivity contribution in [2.75, 3.05) is 0 Å². The first-order chi connectivity index (χ1) is 11.0. The van der Waals surface area contributed by atoms with Gasteiger partial charge in [0.05, 0.1) is 0 Å². The smallest absolute Gasteiger partial charge is 0.328 e. The van der Waals surface area contributed by atoms with Crippen LogP contribution < -0.4 is 10.6 Å². The fourth-order valence-corrected chi connectivity index (χ4v) is 2.23. The van der Waals surface area contributed by atoms with Crippen molar-refractivity contribution >= 4 is 23.9 Å². The Labute approximate surface area is 131 Å². The predicted molar refractivity (Wildman–Crippen MR) is 83.2 cm³/mol. The predicted octanol–water partition coefficient (Wildman–Crippen LogP) is 1.81. The molecular formula is C17H12N2O4. The molecule has 0 aliphatic carbocycles. The van der Waals surface area contributed by atoms with Crippen LogP contribution >= 0.6 is 0 Å². The van der Waals surface area contributed by atoms with Crippen LogP contribution in [0.2, 0.25) is 0 Å². The largest absolute Gasteiger partial charge is 0.508 e. The third-order valence-corrected chi connectivity index (χ3v) is 3.34. The summed E-state index contributed by atoms with van der Waals surface area (Å²) < 4.78 is 0. The second kappa shape index (κ2) is 5.76. The van der Waals surface area contributed by atoms with Gasteiger partial charge in [-0.15, -0.1) is 0 Å². The molecule has 4 amide bonds. The number of rotatable bonds is 2. The van der Waals surface area contributed by atoms with Crippen LogP contribution in [-0.4, -0.2) is 23.0 Å². The minimum Gasteiger partial charge on any atom is -0.508 e. The van der Waals surface area contributed by atoms with Gasteiger partial charge in [0.1, 0.15) is 11.3 Å². The molecule has 2 aromatic rings. The van der Waals surface area contributed by atoms with Gasteiger partial charge in [-0.25, -0.2) is 4.79 Å². The number of urea groups is 1. The van der Waals surface area contributed by atoms with Gasteiger partial charge in [-0.3, -0.25) is 20.2 Å². The van der Waals surface area contributed by atoms with Gasteiger partial charge in [0.15, 0.2) is 0 Å². The van der Waals surface area contributed by atoms with E-state index in [-0.39, 0.29) is 11.3 Å². The minimum atomic E-state index is -0.823. The zero-order valence-corrected chi connectivity index (χ0v) is 11.9. The van der Waals surface area contributed by atoms with E-state index in [0.717, 1.165) is 11.1 Å². The molecule has 1 aliphatic heterocycles. The number of phenols is 1. The van der Waals surface area contributed by atoms with E-state index in [2.05, 4.69) is 0 Å². The van der Waals surface area contributed by atoms with Crippen molar-refractivity contribution in [3.8, 4) is 16.9 Å². The van der Waals surface area contributed by atoms with Gasteiger partial charge >= 0.3 is 6.03 Å². The first-order valence-corrected chi connectivity index (χ1v) is 6.81. The van der Waals surface area contributed by atoms with Crippen LogP contribution in [0.4, 0.5) is 4.79 Å². The first kappa shape index (κ1) is 14.5. The normalized spacial score (nSPS) is 14.3. The molecule has 3 rings (SSSR count). The van der Waals surface area contributed by atoms with Crippen LogP contribution in [-0.2, 0) is 9.59 Å². The molecule has 6 heteroatoms. The van der Waals surface area contributed by atoms with E-state index in [0.29, 0.717) is 5.56 Å². The van der Waals surface area contributed by atoms with Crippen molar-refractivity contribution in [2.45, 2.75) is 0 Å². The van der Waals surface area contributed by atoms with Crippen molar-refractivity contribution < 1.29 is 19.5 Å². The lowest BCUT2D eigenvalue weighted by atomic mass is 10.0. The van der Waals surface area contributed by atoms with Crippen LogP contribution in [0.15, 0.2) is 54.1 Å². The highest BCUT2D eigenvalue weighted by molar-refractivity contribution is 6.31. The third kappa shape index (κ3) is 3.11. The van der Waals surface area contributed by atoms with Crippen LogP contribution in [0, 0.1) is 0 Å². The number of nitrogens with one attached hydrogen (secondary N) is 2. The van der Waals surface area contributed by atoms with Crippen LogP contribution in [0.25, 0.3) is 17.2 Å².